The van der Waals surface area contributed by atoms with E-state index in [4.69, 9.17) is 9.88 Å². The highest BCUT2D eigenvalue weighted by molar-refractivity contribution is 7.89. The number of hydrogen-bond donors (Lipinski definition) is 2. The second kappa shape index (κ2) is 6.17. The van der Waals surface area contributed by atoms with Crippen LogP contribution < -0.4 is 10.5 Å². The number of nitrogens with two attached hydrogens (primary N) is 1. The lowest BCUT2D eigenvalue weighted by Crippen LogP contribution is -2.44. The van der Waals surface area contributed by atoms with Crippen molar-refractivity contribution in [3.8, 4) is 0 Å². The molecule has 0 radical (unpaired) electrons. The zero-order chi connectivity index (χ0) is 15.6. The maximum absolute atomic E-state index is 12.3. The highest BCUT2D eigenvalue weighted by Gasteiger charge is 2.28. The van der Waals surface area contributed by atoms with Crippen LogP contribution in [0.2, 0.25) is 0 Å². The third-order valence-corrected chi connectivity index (χ3v) is 4.56. The van der Waals surface area contributed by atoms with Gasteiger partial charge in [-0.3, -0.25) is 4.79 Å². The number of carbonyl (C=O) groups is 1. The largest absolute Gasteiger partial charge is 0.383 e. The molecule has 2 rings (SSSR count). The first-order valence-corrected chi connectivity index (χ1v) is 8.38. The van der Waals surface area contributed by atoms with Gasteiger partial charge in [-0.2, -0.15) is 0 Å². The first kappa shape index (κ1) is 16.0. The number of rotatable bonds is 6. The van der Waals surface area contributed by atoms with E-state index < -0.39 is 10.0 Å². The minimum absolute atomic E-state index is 0.0641. The van der Waals surface area contributed by atoms with Crippen LogP contribution in [0, 0.1) is 5.92 Å². The number of sulfonamides is 1. The molecule has 0 aromatic carbocycles. The minimum Gasteiger partial charge on any atom is -0.383 e. The second-order valence-corrected chi connectivity index (χ2v) is 7.10. The number of aromatic nitrogens is 1. The Balaban J connectivity index is 2.18. The van der Waals surface area contributed by atoms with Gasteiger partial charge in [0, 0.05) is 25.9 Å². The molecule has 0 atom stereocenters. The fourth-order valence-corrected chi connectivity index (χ4v) is 3.03. The first-order valence-electron chi connectivity index (χ1n) is 6.84. The number of hydrogen-bond acceptors (Lipinski definition) is 4. The summed E-state index contributed by atoms with van der Waals surface area (Å²) in [5.41, 5.74) is 0.288. The number of amides is 1. The Morgan fingerprint density at radius 2 is 2.19 bits per heavy atom. The molecule has 8 heteroatoms. The Kier molecular flexibility index (Phi) is 4.70. The highest BCUT2D eigenvalue weighted by atomic mass is 32.2. The average Bonchev–Trinajstić information content (AvgIpc) is 2.78. The van der Waals surface area contributed by atoms with Crippen molar-refractivity contribution < 1.29 is 17.9 Å². The summed E-state index contributed by atoms with van der Waals surface area (Å²) in [5.74, 6) is 0.341. The van der Waals surface area contributed by atoms with Crippen LogP contribution in [-0.4, -0.2) is 38.7 Å². The molecule has 1 fully saturated rings. The van der Waals surface area contributed by atoms with Gasteiger partial charge in [-0.15, -0.1) is 0 Å². The Labute approximate surface area is 124 Å². The van der Waals surface area contributed by atoms with Gasteiger partial charge in [0.05, 0.1) is 6.61 Å². The molecular formula is C13H21N3O4S. The van der Waals surface area contributed by atoms with E-state index in [9.17, 15) is 13.2 Å². The van der Waals surface area contributed by atoms with Crippen LogP contribution in [0.4, 0.5) is 0 Å². The smallest absolute Gasteiger partial charge is 0.268 e. The predicted molar refractivity (Wildman–Crippen MR) is 77.3 cm³/mol. The number of nitrogens with zero attached hydrogens (tertiary/aromatic N) is 1. The van der Waals surface area contributed by atoms with Crippen molar-refractivity contribution in [1.29, 1.82) is 0 Å². The molecule has 1 saturated carbocycles. The SMILES string of the molecule is COCCn1cc(S(N)(=O)=O)cc1C(=O)NC1CC(C)C1. The summed E-state index contributed by atoms with van der Waals surface area (Å²) in [6, 6.07) is 1.47. The molecule has 21 heavy (non-hydrogen) atoms. The molecule has 7 nitrogen and oxygen atoms in total. The summed E-state index contributed by atoms with van der Waals surface area (Å²) >= 11 is 0. The van der Waals surface area contributed by atoms with Crippen LogP contribution in [0.5, 0.6) is 0 Å². The molecule has 118 valence electrons. The third kappa shape index (κ3) is 3.84. The fraction of sp³-hybridized carbons (Fsp3) is 0.615. The molecule has 0 aliphatic heterocycles. The van der Waals surface area contributed by atoms with Crippen LogP contribution in [0.3, 0.4) is 0 Å². The molecular weight excluding hydrogens is 294 g/mol. The van der Waals surface area contributed by atoms with Gasteiger partial charge in [-0.1, -0.05) is 6.92 Å². The number of methoxy groups -OCH3 is 1. The van der Waals surface area contributed by atoms with Gasteiger partial charge in [0.15, 0.2) is 0 Å². The molecule has 1 aromatic heterocycles. The lowest BCUT2D eigenvalue weighted by Gasteiger charge is -2.33. The number of nitrogens with one attached hydrogen (secondary N) is 1. The number of carbonyl (C=O) groups excluding carboxylic acids is 1. The van der Waals surface area contributed by atoms with Crippen molar-refractivity contribution in [3.05, 3.63) is 18.0 Å². The van der Waals surface area contributed by atoms with E-state index >= 15 is 0 Å². The van der Waals surface area contributed by atoms with Crippen LogP contribution in [0.25, 0.3) is 0 Å². The molecule has 0 bridgehead atoms. The van der Waals surface area contributed by atoms with E-state index in [0.29, 0.717) is 19.1 Å². The Hall–Kier alpha value is -1.38. The summed E-state index contributed by atoms with van der Waals surface area (Å²) in [6.07, 6.45) is 3.27. The van der Waals surface area contributed by atoms with Crippen molar-refractivity contribution in [2.45, 2.75) is 37.2 Å². The normalized spacial score (nSPS) is 21.9. The Bertz CT molecular complexity index is 617. The first-order chi connectivity index (χ1) is 9.81. The molecule has 1 aromatic rings. The quantitative estimate of drug-likeness (QED) is 0.788. The van der Waals surface area contributed by atoms with E-state index in [-0.39, 0.29) is 22.5 Å². The predicted octanol–water partition coefficient (Wildman–Crippen LogP) is 0.310. The maximum atomic E-state index is 12.3. The van der Waals surface area contributed by atoms with Gasteiger partial charge < -0.3 is 14.6 Å². The lowest BCUT2D eigenvalue weighted by atomic mass is 9.82. The number of ether oxygens (including phenoxy) is 1. The van der Waals surface area contributed by atoms with Crippen LogP contribution in [-0.2, 0) is 21.3 Å². The standard InChI is InChI=1S/C13H21N3O4S/c1-9-5-10(6-9)15-13(17)12-7-11(21(14,18)19)8-16(12)3-4-20-2/h7-10H,3-6H2,1-2H3,(H,15,17)(H2,14,18,19). The van der Waals surface area contributed by atoms with E-state index in [2.05, 4.69) is 12.2 Å². The van der Waals surface area contributed by atoms with Gasteiger partial charge in [0.2, 0.25) is 10.0 Å². The summed E-state index contributed by atoms with van der Waals surface area (Å²) in [5, 5.41) is 8.03. The summed E-state index contributed by atoms with van der Waals surface area (Å²) < 4.78 is 29.4. The van der Waals surface area contributed by atoms with E-state index in [1.807, 2.05) is 0 Å². The fourth-order valence-electron chi connectivity index (χ4n) is 2.48. The second-order valence-electron chi connectivity index (χ2n) is 5.54. The Morgan fingerprint density at radius 1 is 1.52 bits per heavy atom. The molecule has 0 saturated heterocycles. The summed E-state index contributed by atoms with van der Waals surface area (Å²) in [4.78, 5) is 12.2. The van der Waals surface area contributed by atoms with Crippen molar-refractivity contribution >= 4 is 15.9 Å². The van der Waals surface area contributed by atoms with Crippen molar-refractivity contribution in [1.82, 2.24) is 9.88 Å². The zero-order valence-corrected chi connectivity index (χ0v) is 13.0. The topological polar surface area (TPSA) is 103 Å². The zero-order valence-electron chi connectivity index (χ0n) is 12.2. The van der Waals surface area contributed by atoms with Gasteiger partial charge >= 0.3 is 0 Å². The molecule has 1 aliphatic carbocycles. The van der Waals surface area contributed by atoms with Gasteiger partial charge in [0.1, 0.15) is 10.6 Å². The van der Waals surface area contributed by atoms with E-state index in [0.717, 1.165) is 12.8 Å². The molecule has 1 amide bonds. The molecule has 1 aliphatic rings. The van der Waals surface area contributed by atoms with Gasteiger partial charge in [-0.05, 0) is 24.8 Å². The van der Waals surface area contributed by atoms with E-state index in [1.54, 1.807) is 11.7 Å². The van der Waals surface area contributed by atoms with Crippen LogP contribution in [0.1, 0.15) is 30.3 Å². The summed E-state index contributed by atoms with van der Waals surface area (Å²) in [6.45, 7) is 2.89. The molecule has 0 spiro atoms. The van der Waals surface area contributed by atoms with Crippen LogP contribution >= 0.6 is 0 Å². The van der Waals surface area contributed by atoms with Gasteiger partial charge in [-0.25, -0.2) is 13.6 Å². The van der Waals surface area contributed by atoms with Crippen molar-refractivity contribution in [2.75, 3.05) is 13.7 Å². The highest BCUT2D eigenvalue weighted by Crippen LogP contribution is 2.26. The van der Waals surface area contributed by atoms with Crippen LogP contribution in [0.15, 0.2) is 17.2 Å². The van der Waals surface area contributed by atoms with Crippen molar-refractivity contribution in [2.24, 2.45) is 11.1 Å². The van der Waals surface area contributed by atoms with E-state index in [1.165, 1.54) is 12.3 Å². The maximum Gasteiger partial charge on any atom is 0.268 e. The van der Waals surface area contributed by atoms with Crippen molar-refractivity contribution in [3.63, 3.8) is 0 Å². The minimum atomic E-state index is -3.83. The third-order valence-electron chi connectivity index (χ3n) is 3.68. The van der Waals surface area contributed by atoms with Gasteiger partial charge in [0.25, 0.3) is 5.91 Å². The average molecular weight is 315 g/mol. The monoisotopic (exact) mass is 315 g/mol. The summed E-state index contributed by atoms with van der Waals surface area (Å²) in [7, 11) is -2.29. The Morgan fingerprint density at radius 3 is 2.71 bits per heavy atom. The molecule has 3 N–H and O–H groups in total. The number of primary sulfonamides is 1. The molecule has 1 heterocycles. The lowest BCUT2D eigenvalue weighted by molar-refractivity contribution is 0.0884. The molecule has 0 unspecified atom stereocenters.